The predicted molar refractivity (Wildman–Crippen MR) is 53.5 cm³/mol. The molecule has 14 heavy (non-hydrogen) atoms. The number of aryl methyl sites for hydroxylation is 1. The Morgan fingerprint density at radius 3 is 2.93 bits per heavy atom. The zero-order valence-corrected chi connectivity index (χ0v) is 8.02. The molecule has 0 fully saturated rings. The highest BCUT2D eigenvalue weighted by Crippen LogP contribution is 2.20. The molecule has 0 aliphatic rings. The van der Waals surface area contributed by atoms with Crippen LogP contribution in [0.25, 0.3) is 11.0 Å². The Morgan fingerprint density at radius 1 is 1.43 bits per heavy atom. The predicted octanol–water partition coefficient (Wildman–Crippen LogP) is 0.942. The highest BCUT2D eigenvalue weighted by molar-refractivity contribution is 5.81. The second-order valence-corrected chi connectivity index (χ2v) is 2.98. The first-order valence-electron chi connectivity index (χ1n) is 4.23. The quantitative estimate of drug-likeness (QED) is 0.672. The van der Waals surface area contributed by atoms with Gasteiger partial charge in [0.25, 0.3) is 5.56 Å². The average Bonchev–Trinajstić information content (AvgIpc) is 2.23. The Balaban J connectivity index is 2.93. The lowest BCUT2D eigenvalue weighted by Crippen LogP contribution is -2.16. The van der Waals surface area contributed by atoms with Crippen molar-refractivity contribution in [2.24, 2.45) is 7.05 Å². The van der Waals surface area contributed by atoms with Crippen molar-refractivity contribution in [1.82, 2.24) is 9.55 Å². The molecule has 2 aromatic rings. The second kappa shape index (κ2) is 3.14. The summed E-state index contributed by atoms with van der Waals surface area (Å²) in [6.45, 7) is 0. The monoisotopic (exact) mass is 190 g/mol. The third kappa shape index (κ3) is 1.16. The van der Waals surface area contributed by atoms with E-state index in [2.05, 4.69) is 4.98 Å². The van der Waals surface area contributed by atoms with Gasteiger partial charge in [-0.3, -0.25) is 4.79 Å². The Labute approximate surface area is 80.8 Å². The van der Waals surface area contributed by atoms with Crippen LogP contribution in [0.5, 0.6) is 5.75 Å². The number of nitrogens with zero attached hydrogens (tertiary/aromatic N) is 2. The molecule has 1 heterocycles. The molecular weight excluding hydrogens is 180 g/mol. The van der Waals surface area contributed by atoms with E-state index < -0.39 is 0 Å². The molecule has 0 unspecified atom stereocenters. The lowest BCUT2D eigenvalue weighted by atomic mass is 10.3. The van der Waals surface area contributed by atoms with E-state index in [1.54, 1.807) is 18.7 Å². The van der Waals surface area contributed by atoms with Gasteiger partial charge in [0.2, 0.25) is 0 Å². The fourth-order valence-electron chi connectivity index (χ4n) is 1.40. The molecule has 0 radical (unpaired) electrons. The van der Waals surface area contributed by atoms with E-state index in [4.69, 9.17) is 4.74 Å². The van der Waals surface area contributed by atoms with Crippen LogP contribution in [0.15, 0.2) is 29.2 Å². The van der Waals surface area contributed by atoms with Gasteiger partial charge in [-0.2, -0.15) is 0 Å². The van der Waals surface area contributed by atoms with Crippen LogP contribution in [0.1, 0.15) is 0 Å². The van der Waals surface area contributed by atoms with Crippen LogP contribution in [0.4, 0.5) is 0 Å². The summed E-state index contributed by atoms with van der Waals surface area (Å²) in [4.78, 5) is 15.3. The van der Waals surface area contributed by atoms with Gasteiger partial charge in [0.1, 0.15) is 11.3 Å². The number of ether oxygens (including phenoxy) is 1. The number of aromatic nitrogens is 2. The van der Waals surface area contributed by atoms with Crippen molar-refractivity contribution in [2.45, 2.75) is 0 Å². The van der Waals surface area contributed by atoms with E-state index in [9.17, 15) is 4.79 Å². The lowest BCUT2D eigenvalue weighted by molar-refractivity contribution is 0.418. The summed E-state index contributed by atoms with van der Waals surface area (Å²) >= 11 is 0. The van der Waals surface area contributed by atoms with Gasteiger partial charge in [-0.1, -0.05) is 6.07 Å². The molecule has 0 saturated carbocycles. The number of hydrogen-bond donors (Lipinski definition) is 0. The number of rotatable bonds is 1. The summed E-state index contributed by atoms with van der Waals surface area (Å²) in [5.74, 6) is 0.679. The summed E-state index contributed by atoms with van der Waals surface area (Å²) in [6.07, 6.45) is 1.30. The van der Waals surface area contributed by atoms with Crippen molar-refractivity contribution in [2.75, 3.05) is 7.11 Å². The van der Waals surface area contributed by atoms with E-state index >= 15 is 0 Å². The summed E-state index contributed by atoms with van der Waals surface area (Å²) in [5.41, 5.74) is 1.36. The zero-order chi connectivity index (χ0) is 10.1. The molecule has 0 atom stereocenters. The Morgan fingerprint density at radius 2 is 2.21 bits per heavy atom. The van der Waals surface area contributed by atoms with Crippen LogP contribution in [0.3, 0.4) is 0 Å². The standard InChI is InChI=1S/C10H10N2O2/c1-12-7-4-3-5-8(14-2)10(7)11-6-9(12)13/h3-6H,1-2H3. The smallest absolute Gasteiger partial charge is 0.269 e. The first-order chi connectivity index (χ1) is 6.74. The van der Waals surface area contributed by atoms with E-state index in [-0.39, 0.29) is 5.56 Å². The molecule has 0 bridgehead atoms. The first kappa shape index (κ1) is 8.74. The Bertz CT molecular complexity index is 531. The van der Waals surface area contributed by atoms with Crippen molar-refractivity contribution in [3.63, 3.8) is 0 Å². The van der Waals surface area contributed by atoms with Crippen molar-refractivity contribution in [3.8, 4) is 5.75 Å². The van der Waals surface area contributed by atoms with Gasteiger partial charge in [0.05, 0.1) is 18.8 Å². The molecule has 0 N–H and O–H groups in total. The van der Waals surface area contributed by atoms with Crippen LogP contribution in [0.2, 0.25) is 0 Å². The van der Waals surface area contributed by atoms with E-state index in [0.717, 1.165) is 5.52 Å². The molecule has 4 heteroatoms. The van der Waals surface area contributed by atoms with Crippen LogP contribution in [-0.2, 0) is 7.05 Å². The van der Waals surface area contributed by atoms with Gasteiger partial charge in [-0.25, -0.2) is 4.98 Å². The average molecular weight is 190 g/mol. The molecule has 0 aliphatic carbocycles. The topological polar surface area (TPSA) is 44.1 Å². The fourth-order valence-corrected chi connectivity index (χ4v) is 1.40. The van der Waals surface area contributed by atoms with Crippen LogP contribution >= 0.6 is 0 Å². The minimum absolute atomic E-state index is 0.120. The zero-order valence-electron chi connectivity index (χ0n) is 8.02. The molecule has 2 rings (SSSR count). The molecule has 0 amide bonds. The minimum atomic E-state index is -0.120. The molecule has 72 valence electrons. The molecule has 0 spiro atoms. The van der Waals surface area contributed by atoms with Gasteiger partial charge in [-0.05, 0) is 12.1 Å². The normalized spacial score (nSPS) is 10.4. The largest absolute Gasteiger partial charge is 0.494 e. The van der Waals surface area contributed by atoms with Gasteiger partial charge in [-0.15, -0.1) is 0 Å². The van der Waals surface area contributed by atoms with E-state index in [1.165, 1.54) is 6.20 Å². The highest BCUT2D eigenvalue weighted by Gasteiger charge is 2.04. The number of hydrogen-bond acceptors (Lipinski definition) is 3. The van der Waals surface area contributed by atoms with Crippen molar-refractivity contribution >= 4 is 11.0 Å². The maximum absolute atomic E-state index is 11.3. The van der Waals surface area contributed by atoms with E-state index in [1.807, 2.05) is 18.2 Å². The first-order valence-corrected chi connectivity index (χ1v) is 4.23. The van der Waals surface area contributed by atoms with Gasteiger partial charge in [0.15, 0.2) is 0 Å². The fraction of sp³-hybridized carbons (Fsp3) is 0.200. The lowest BCUT2D eigenvalue weighted by Gasteiger charge is -2.06. The molecule has 0 aliphatic heterocycles. The maximum Gasteiger partial charge on any atom is 0.269 e. The van der Waals surface area contributed by atoms with Crippen LogP contribution in [-0.4, -0.2) is 16.7 Å². The number of benzene rings is 1. The third-order valence-electron chi connectivity index (χ3n) is 2.19. The van der Waals surface area contributed by atoms with Gasteiger partial charge in [0, 0.05) is 7.05 Å². The van der Waals surface area contributed by atoms with Crippen molar-refractivity contribution in [1.29, 1.82) is 0 Å². The number of fused-ring (bicyclic) bond motifs is 1. The third-order valence-corrected chi connectivity index (χ3v) is 2.19. The Kier molecular flexibility index (Phi) is 1.96. The summed E-state index contributed by atoms with van der Waals surface area (Å²) in [7, 11) is 3.30. The molecule has 1 aromatic carbocycles. The number of methoxy groups -OCH3 is 1. The molecular formula is C10H10N2O2. The molecule has 0 saturated heterocycles. The van der Waals surface area contributed by atoms with E-state index in [0.29, 0.717) is 11.3 Å². The van der Waals surface area contributed by atoms with Crippen molar-refractivity contribution < 1.29 is 4.74 Å². The maximum atomic E-state index is 11.3. The van der Waals surface area contributed by atoms with Crippen LogP contribution in [0, 0.1) is 0 Å². The molecule has 4 nitrogen and oxygen atoms in total. The summed E-state index contributed by atoms with van der Waals surface area (Å²) in [5, 5.41) is 0. The van der Waals surface area contributed by atoms with Crippen LogP contribution < -0.4 is 10.3 Å². The van der Waals surface area contributed by atoms with Gasteiger partial charge >= 0.3 is 0 Å². The molecule has 1 aromatic heterocycles. The minimum Gasteiger partial charge on any atom is -0.494 e. The van der Waals surface area contributed by atoms with Crippen molar-refractivity contribution in [3.05, 3.63) is 34.7 Å². The van der Waals surface area contributed by atoms with Gasteiger partial charge < -0.3 is 9.30 Å². The Hall–Kier alpha value is -1.84. The number of para-hydroxylation sites is 1. The highest BCUT2D eigenvalue weighted by atomic mass is 16.5. The SMILES string of the molecule is COc1cccc2c1ncc(=O)n2C. The second-order valence-electron chi connectivity index (χ2n) is 2.98. The summed E-state index contributed by atoms with van der Waals surface area (Å²) in [6, 6.07) is 5.49. The summed E-state index contributed by atoms with van der Waals surface area (Å²) < 4.78 is 6.69.